The van der Waals surface area contributed by atoms with Gasteiger partial charge in [-0.15, -0.1) is 0 Å². The molecule has 2 atom stereocenters. The minimum Gasteiger partial charge on any atom is -0.508 e. The number of aliphatic hydroxyl groups is 1. The lowest BCUT2D eigenvalue weighted by atomic mass is 9.99. The van der Waals surface area contributed by atoms with Gasteiger partial charge < -0.3 is 30.5 Å². The SMILES string of the molecule is Cc1cc(C(C(=O)Nc2c(C)cccc2C)N(CC#N)C(=O)C(CO)NC(=O)OC(C)(C)C)ccc1O. The molecule has 0 radical (unpaired) electrons. The second-order valence-corrected chi connectivity index (χ2v) is 9.71. The van der Waals surface area contributed by atoms with Gasteiger partial charge in [0.1, 0.15) is 30.0 Å². The molecular formula is C27H34N4O6. The van der Waals surface area contributed by atoms with Gasteiger partial charge in [-0.25, -0.2) is 4.79 Å². The number of phenols is 1. The molecule has 10 nitrogen and oxygen atoms in total. The summed E-state index contributed by atoms with van der Waals surface area (Å²) in [6, 6.07) is 9.00. The number of anilines is 1. The number of nitrogens with zero attached hydrogens (tertiary/aromatic N) is 2. The maximum atomic E-state index is 13.7. The Labute approximate surface area is 216 Å². The van der Waals surface area contributed by atoms with Crippen LogP contribution in [0.1, 0.15) is 49.1 Å². The largest absolute Gasteiger partial charge is 0.508 e. The van der Waals surface area contributed by atoms with Crippen molar-refractivity contribution in [2.75, 3.05) is 18.5 Å². The molecule has 2 rings (SSSR count). The van der Waals surface area contributed by atoms with Crippen LogP contribution in [0.3, 0.4) is 0 Å². The van der Waals surface area contributed by atoms with Crippen LogP contribution in [0, 0.1) is 32.1 Å². The highest BCUT2D eigenvalue weighted by atomic mass is 16.6. The molecule has 0 aromatic heterocycles. The van der Waals surface area contributed by atoms with E-state index in [9.17, 15) is 29.9 Å². The highest BCUT2D eigenvalue weighted by Crippen LogP contribution is 2.29. The zero-order chi connectivity index (χ0) is 27.9. The van der Waals surface area contributed by atoms with E-state index >= 15 is 0 Å². The van der Waals surface area contributed by atoms with E-state index in [4.69, 9.17) is 4.74 Å². The van der Waals surface area contributed by atoms with Gasteiger partial charge in [0.05, 0.1) is 12.7 Å². The maximum Gasteiger partial charge on any atom is 0.408 e. The molecule has 0 spiro atoms. The van der Waals surface area contributed by atoms with Crippen molar-refractivity contribution in [2.24, 2.45) is 0 Å². The molecule has 0 bridgehead atoms. The minimum absolute atomic E-state index is 0.00403. The number of nitrogens with one attached hydrogen (secondary N) is 2. The van der Waals surface area contributed by atoms with E-state index in [1.807, 2.05) is 38.1 Å². The number of para-hydroxylation sites is 1. The molecule has 2 unspecified atom stereocenters. The fraction of sp³-hybridized carbons (Fsp3) is 0.407. The number of carbonyl (C=O) groups is 3. The summed E-state index contributed by atoms with van der Waals surface area (Å²) in [6.07, 6.45) is -0.936. The molecule has 0 saturated heterocycles. The van der Waals surface area contributed by atoms with Gasteiger partial charge >= 0.3 is 6.09 Å². The lowest BCUT2D eigenvalue weighted by Gasteiger charge is -2.32. The molecule has 0 heterocycles. The Morgan fingerprint density at radius 3 is 2.22 bits per heavy atom. The van der Waals surface area contributed by atoms with Gasteiger partial charge in [0.25, 0.3) is 5.91 Å². The van der Waals surface area contributed by atoms with Crippen LogP contribution in [0.15, 0.2) is 36.4 Å². The van der Waals surface area contributed by atoms with Crippen molar-refractivity contribution in [1.82, 2.24) is 10.2 Å². The van der Waals surface area contributed by atoms with E-state index in [2.05, 4.69) is 10.6 Å². The van der Waals surface area contributed by atoms with Crippen LogP contribution >= 0.6 is 0 Å². The number of aryl methyl sites for hydroxylation is 3. The number of benzene rings is 2. The summed E-state index contributed by atoms with van der Waals surface area (Å²) in [5.74, 6) is -1.47. The van der Waals surface area contributed by atoms with E-state index in [1.165, 1.54) is 18.2 Å². The maximum absolute atomic E-state index is 13.7. The van der Waals surface area contributed by atoms with Gasteiger partial charge in [0.15, 0.2) is 0 Å². The second kappa shape index (κ2) is 12.2. The zero-order valence-electron chi connectivity index (χ0n) is 22.0. The quantitative estimate of drug-likeness (QED) is 0.398. The third-order valence-electron chi connectivity index (χ3n) is 5.52. The summed E-state index contributed by atoms with van der Waals surface area (Å²) in [6.45, 7) is 8.91. The van der Waals surface area contributed by atoms with Crippen molar-refractivity contribution in [1.29, 1.82) is 5.26 Å². The van der Waals surface area contributed by atoms with Crippen LogP contribution in [-0.4, -0.2) is 57.8 Å². The Balaban J connectivity index is 2.53. The van der Waals surface area contributed by atoms with Crippen molar-refractivity contribution < 1.29 is 29.3 Å². The molecular weight excluding hydrogens is 476 g/mol. The molecule has 37 heavy (non-hydrogen) atoms. The van der Waals surface area contributed by atoms with Crippen molar-refractivity contribution >= 4 is 23.6 Å². The average molecular weight is 511 g/mol. The normalized spacial score (nSPS) is 12.6. The first-order valence-corrected chi connectivity index (χ1v) is 11.7. The summed E-state index contributed by atoms with van der Waals surface area (Å²) in [5, 5.41) is 34.6. The van der Waals surface area contributed by atoms with Crippen molar-refractivity contribution in [3.63, 3.8) is 0 Å². The molecule has 198 valence electrons. The fourth-order valence-electron chi connectivity index (χ4n) is 3.73. The van der Waals surface area contributed by atoms with Crippen molar-refractivity contribution in [2.45, 2.75) is 59.2 Å². The number of aromatic hydroxyl groups is 1. The Morgan fingerprint density at radius 1 is 1.08 bits per heavy atom. The molecule has 0 saturated carbocycles. The van der Waals surface area contributed by atoms with Crippen LogP contribution in [0.25, 0.3) is 0 Å². The number of carbonyl (C=O) groups excluding carboxylic acids is 3. The van der Waals surface area contributed by atoms with Gasteiger partial charge in [-0.05, 0) is 75.9 Å². The topological polar surface area (TPSA) is 152 Å². The zero-order valence-corrected chi connectivity index (χ0v) is 22.0. The van der Waals surface area contributed by atoms with Crippen LogP contribution in [0.2, 0.25) is 0 Å². The molecule has 0 aliphatic rings. The number of rotatable bonds is 8. The fourth-order valence-corrected chi connectivity index (χ4v) is 3.73. The Morgan fingerprint density at radius 2 is 1.70 bits per heavy atom. The highest BCUT2D eigenvalue weighted by molar-refractivity contribution is 6.00. The number of amides is 3. The van der Waals surface area contributed by atoms with E-state index in [0.717, 1.165) is 16.0 Å². The standard InChI is InChI=1S/C27H34N4O6/c1-16-8-7-9-17(2)22(16)30-24(34)23(19-10-11-21(33)18(3)14-19)31(13-12-28)25(35)20(15-32)29-26(36)37-27(4,5)6/h7-11,14,20,23,32-33H,13,15H2,1-6H3,(H,29,36)(H,30,34). The van der Waals surface area contributed by atoms with Gasteiger partial charge in [-0.1, -0.05) is 24.3 Å². The molecule has 3 amide bonds. The van der Waals surface area contributed by atoms with E-state index < -0.39 is 48.7 Å². The number of nitriles is 1. The predicted octanol–water partition coefficient (Wildman–Crippen LogP) is 3.24. The van der Waals surface area contributed by atoms with Crippen LogP contribution < -0.4 is 10.6 Å². The Bertz CT molecular complexity index is 1180. The van der Waals surface area contributed by atoms with Crippen LogP contribution in [0.5, 0.6) is 5.75 Å². The summed E-state index contributed by atoms with van der Waals surface area (Å²) >= 11 is 0. The van der Waals surface area contributed by atoms with Crippen LogP contribution in [0.4, 0.5) is 10.5 Å². The third-order valence-corrected chi connectivity index (χ3v) is 5.52. The number of hydrogen-bond donors (Lipinski definition) is 4. The number of phenolic OH excluding ortho intramolecular Hbond substituents is 1. The highest BCUT2D eigenvalue weighted by Gasteiger charge is 2.36. The molecule has 0 aliphatic carbocycles. The first-order chi connectivity index (χ1) is 17.3. The number of ether oxygens (including phenoxy) is 1. The lowest BCUT2D eigenvalue weighted by molar-refractivity contribution is -0.140. The van der Waals surface area contributed by atoms with Gasteiger partial charge in [0.2, 0.25) is 5.91 Å². The van der Waals surface area contributed by atoms with Crippen molar-refractivity contribution in [3.8, 4) is 11.8 Å². The summed E-state index contributed by atoms with van der Waals surface area (Å²) in [7, 11) is 0. The first kappa shape index (κ1) is 29.1. The average Bonchev–Trinajstić information content (AvgIpc) is 2.80. The second-order valence-electron chi connectivity index (χ2n) is 9.71. The molecule has 2 aromatic carbocycles. The Hall–Kier alpha value is -4.10. The van der Waals surface area contributed by atoms with E-state index in [0.29, 0.717) is 16.8 Å². The van der Waals surface area contributed by atoms with E-state index in [1.54, 1.807) is 27.7 Å². The molecule has 2 aromatic rings. The minimum atomic E-state index is -1.48. The lowest BCUT2D eigenvalue weighted by Crippen LogP contribution is -2.54. The molecule has 4 N–H and O–H groups in total. The number of alkyl carbamates (subject to hydrolysis) is 1. The first-order valence-electron chi connectivity index (χ1n) is 11.7. The molecule has 10 heteroatoms. The van der Waals surface area contributed by atoms with Crippen molar-refractivity contribution in [3.05, 3.63) is 58.7 Å². The van der Waals surface area contributed by atoms with Gasteiger partial charge in [0, 0.05) is 5.69 Å². The third kappa shape index (κ3) is 7.69. The van der Waals surface area contributed by atoms with Gasteiger partial charge in [-0.3, -0.25) is 9.59 Å². The monoisotopic (exact) mass is 510 g/mol. The number of aliphatic hydroxyl groups excluding tert-OH is 1. The van der Waals surface area contributed by atoms with E-state index in [-0.39, 0.29) is 5.75 Å². The molecule has 0 aliphatic heterocycles. The summed E-state index contributed by atoms with van der Waals surface area (Å²) < 4.78 is 5.18. The van der Waals surface area contributed by atoms with Crippen LogP contribution in [-0.2, 0) is 14.3 Å². The van der Waals surface area contributed by atoms with Gasteiger partial charge in [-0.2, -0.15) is 5.26 Å². The predicted molar refractivity (Wildman–Crippen MR) is 138 cm³/mol. The smallest absolute Gasteiger partial charge is 0.408 e. The summed E-state index contributed by atoms with van der Waals surface area (Å²) in [5.41, 5.74) is 2.09. The number of hydrogen-bond acceptors (Lipinski definition) is 7. The summed E-state index contributed by atoms with van der Waals surface area (Å²) in [4.78, 5) is 40.5. The Kier molecular flexibility index (Phi) is 9.63. The molecule has 0 fully saturated rings.